The van der Waals surface area contributed by atoms with Crippen LogP contribution in [0, 0.1) is 5.92 Å². The van der Waals surface area contributed by atoms with E-state index in [0.29, 0.717) is 24.0 Å². The summed E-state index contributed by atoms with van der Waals surface area (Å²) >= 11 is 0. The van der Waals surface area contributed by atoms with Crippen LogP contribution in [0.5, 0.6) is 0 Å². The van der Waals surface area contributed by atoms with E-state index in [1.165, 1.54) is 0 Å². The highest BCUT2D eigenvalue weighted by Crippen LogP contribution is 2.17. The highest BCUT2D eigenvalue weighted by atomic mass is 16.2. The van der Waals surface area contributed by atoms with Gasteiger partial charge in [0.25, 0.3) is 0 Å². The van der Waals surface area contributed by atoms with Gasteiger partial charge in [0, 0.05) is 57.3 Å². The van der Waals surface area contributed by atoms with Crippen LogP contribution >= 0.6 is 0 Å². The van der Waals surface area contributed by atoms with Crippen molar-refractivity contribution in [3.63, 3.8) is 0 Å². The van der Waals surface area contributed by atoms with Crippen molar-refractivity contribution in [2.45, 2.75) is 91.8 Å². The lowest BCUT2D eigenvalue weighted by molar-refractivity contribution is -0.136. The van der Waals surface area contributed by atoms with Crippen molar-refractivity contribution in [2.24, 2.45) is 10.9 Å². The number of guanidine groups is 1. The van der Waals surface area contributed by atoms with Crippen LogP contribution in [0.25, 0.3) is 0 Å². The predicted octanol–water partition coefficient (Wildman–Crippen LogP) is 3.09. The third-order valence-corrected chi connectivity index (χ3v) is 5.92. The summed E-state index contributed by atoms with van der Waals surface area (Å²) in [7, 11) is 1.83. The molecule has 0 aromatic carbocycles. The largest absolute Gasteiger partial charge is 0.356 e. The zero-order valence-corrected chi connectivity index (χ0v) is 19.4. The fourth-order valence-electron chi connectivity index (χ4n) is 4.11. The molecule has 0 aromatic heterocycles. The van der Waals surface area contributed by atoms with E-state index in [1.807, 2.05) is 7.05 Å². The van der Waals surface area contributed by atoms with Crippen LogP contribution in [0.1, 0.15) is 73.6 Å². The monoisotopic (exact) mass is 395 g/mol. The van der Waals surface area contributed by atoms with Crippen molar-refractivity contribution in [3.8, 4) is 0 Å². The maximum Gasteiger partial charge on any atom is 0.225 e. The van der Waals surface area contributed by atoms with E-state index in [1.54, 1.807) is 0 Å². The molecule has 0 unspecified atom stereocenters. The molecule has 1 heterocycles. The van der Waals surface area contributed by atoms with Gasteiger partial charge in [-0.3, -0.25) is 14.7 Å². The number of amides is 1. The highest BCUT2D eigenvalue weighted by molar-refractivity contribution is 5.80. The average Bonchev–Trinajstić information content (AvgIpc) is 2.67. The Morgan fingerprint density at radius 1 is 1.11 bits per heavy atom. The van der Waals surface area contributed by atoms with Crippen molar-refractivity contribution in [3.05, 3.63) is 0 Å². The molecule has 1 aliphatic heterocycles. The van der Waals surface area contributed by atoms with Crippen LogP contribution in [0.2, 0.25) is 0 Å². The van der Waals surface area contributed by atoms with Gasteiger partial charge in [-0.25, -0.2) is 0 Å². The Balaban J connectivity index is 2.34. The molecule has 0 bridgehead atoms. The van der Waals surface area contributed by atoms with E-state index in [9.17, 15) is 4.79 Å². The molecule has 0 aliphatic carbocycles. The molecule has 28 heavy (non-hydrogen) atoms. The molecule has 1 fully saturated rings. The first-order chi connectivity index (χ1) is 13.3. The lowest BCUT2D eigenvalue weighted by Gasteiger charge is -2.35. The van der Waals surface area contributed by atoms with Crippen LogP contribution in [-0.4, -0.2) is 73.0 Å². The first kappa shape index (κ1) is 24.7. The molecule has 0 atom stereocenters. The Morgan fingerprint density at radius 2 is 1.68 bits per heavy atom. The molecule has 0 spiro atoms. The van der Waals surface area contributed by atoms with E-state index in [2.05, 4.69) is 67.0 Å². The summed E-state index contributed by atoms with van der Waals surface area (Å²) in [4.78, 5) is 21.5. The number of rotatable bonds is 10. The molecular weight excluding hydrogens is 350 g/mol. The van der Waals surface area contributed by atoms with Crippen LogP contribution in [0.15, 0.2) is 4.99 Å². The third-order valence-electron chi connectivity index (χ3n) is 5.92. The van der Waals surface area contributed by atoms with E-state index in [-0.39, 0.29) is 5.92 Å². The molecule has 0 aromatic rings. The lowest BCUT2D eigenvalue weighted by Crippen LogP contribution is -2.51. The number of hydrogen-bond donors (Lipinski definition) is 2. The zero-order valence-electron chi connectivity index (χ0n) is 19.4. The first-order valence-electron chi connectivity index (χ1n) is 11.4. The minimum absolute atomic E-state index is 0.190. The summed E-state index contributed by atoms with van der Waals surface area (Å²) in [6.07, 6.45) is 4.95. The number of hydrogen-bond acceptors (Lipinski definition) is 3. The van der Waals surface area contributed by atoms with E-state index >= 15 is 0 Å². The van der Waals surface area contributed by atoms with Crippen molar-refractivity contribution >= 4 is 11.9 Å². The Morgan fingerprint density at radius 3 is 2.14 bits per heavy atom. The SMILES string of the molecule is CCC(CC)C(=O)N1CCC(NC(=NC)NCCCN(C(C)C)C(C)C)CC1. The predicted molar refractivity (Wildman–Crippen MR) is 120 cm³/mol. The lowest BCUT2D eigenvalue weighted by atomic mass is 9.98. The standard InChI is InChI=1S/C22H45N5O/c1-8-19(9-2)21(28)26-15-11-20(12-16-26)25-22(23-7)24-13-10-14-27(17(3)4)18(5)6/h17-20H,8-16H2,1-7H3,(H2,23,24,25). The first-order valence-corrected chi connectivity index (χ1v) is 11.4. The van der Waals surface area contributed by atoms with Crippen molar-refractivity contribution in [1.29, 1.82) is 0 Å². The summed E-state index contributed by atoms with van der Waals surface area (Å²) in [6, 6.07) is 1.54. The molecule has 1 rings (SSSR count). The summed E-state index contributed by atoms with van der Waals surface area (Å²) in [5, 5.41) is 7.00. The van der Waals surface area contributed by atoms with Gasteiger partial charge in [-0.15, -0.1) is 0 Å². The van der Waals surface area contributed by atoms with Gasteiger partial charge in [-0.2, -0.15) is 0 Å². The molecule has 6 nitrogen and oxygen atoms in total. The number of piperidine rings is 1. The Bertz CT molecular complexity index is 458. The number of aliphatic imine (C=N–C) groups is 1. The Labute approximate surface area is 173 Å². The molecule has 1 aliphatic rings. The highest BCUT2D eigenvalue weighted by Gasteiger charge is 2.26. The van der Waals surface area contributed by atoms with Gasteiger partial charge in [-0.1, -0.05) is 13.8 Å². The fraction of sp³-hybridized carbons (Fsp3) is 0.909. The average molecular weight is 396 g/mol. The van der Waals surface area contributed by atoms with E-state index in [0.717, 1.165) is 64.2 Å². The van der Waals surface area contributed by atoms with Gasteiger partial charge in [0.1, 0.15) is 0 Å². The van der Waals surface area contributed by atoms with Gasteiger partial charge in [-0.05, 0) is 59.8 Å². The number of nitrogens with one attached hydrogen (secondary N) is 2. The Kier molecular flexibility index (Phi) is 11.5. The van der Waals surface area contributed by atoms with Gasteiger partial charge in [0.05, 0.1) is 0 Å². The molecule has 6 heteroatoms. The number of likely N-dealkylation sites (tertiary alicyclic amines) is 1. The molecule has 1 saturated heterocycles. The van der Waals surface area contributed by atoms with Crippen LogP contribution in [0.4, 0.5) is 0 Å². The number of carbonyl (C=O) groups excluding carboxylic acids is 1. The molecular formula is C22H45N5O. The smallest absolute Gasteiger partial charge is 0.225 e. The van der Waals surface area contributed by atoms with Crippen LogP contribution in [0.3, 0.4) is 0 Å². The van der Waals surface area contributed by atoms with Crippen LogP contribution in [-0.2, 0) is 4.79 Å². The summed E-state index contributed by atoms with van der Waals surface area (Å²) < 4.78 is 0. The summed E-state index contributed by atoms with van der Waals surface area (Å²) in [5.41, 5.74) is 0. The van der Waals surface area contributed by atoms with Gasteiger partial charge in [0.2, 0.25) is 5.91 Å². The van der Waals surface area contributed by atoms with E-state index in [4.69, 9.17) is 0 Å². The second-order valence-electron chi connectivity index (χ2n) is 8.54. The fourth-order valence-corrected chi connectivity index (χ4v) is 4.11. The summed E-state index contributed by atoms with van der Waals surface area (Å²) in [5.74, 6) is 1.41. The Hall–Kier alpha value is -1.30. The zero-order chi connectivity index (χ0) is 21.1. The second kappa shape index (κ2) is 13.0. The van der Waals surface area contributed by atoms with Gasteiger partial charge < -0.3 is 15.5 Å². The van der Waals surface area contributed by atoms with Crippen molar-refractivity contribution < 1.29 is 4.79 Å². The van der Waals surface area contributed by atoms with Gasteiger partial charge >= 0.3 is 0 Å². The topological polar surface area (TPSA) is 60.0 Å². The molecule has 0 radical (unpaired) electrons. The minimum Gasteiger partial charge on any atom is -0.356 e. The van der Waals surface area contributed by atoms with Gasteiger partial charge in [0.15, 0.2) is 5.96 Å². The molecule has 2 N–H and O–H groups in total. The van der Waals surface area contributed by atoms with Crippen molar-refractivity contribution in [1.82, 2.24) is 20.4 Å². The maximum atomic E-state index is 12.5. The van der Waals surface area contributed by atoms with E-state index < -0.39 is 0 Å². The quantitative estimate of drug-likeness (QED) is 0.339. The summed E-state index contributed by atoms with van der Waals surface area (Å²) in [6.45, 7) is 17.0. The number of carbonyl (C=O) groups is 1. The molecule has 1 amide bonds. The number of nitrogens with zero attached hydrogens (tertiary/aromatic N) is 3. The van der Waals surface area contributed by atoms with Crippen LogP contribution < -0.4 is 10.6 Å². The second-order valence-corrected chi connectivity index (χ2v) is 8.54. The normalized spacial score (nSPS) is 16.5. The maximum absolute atomic E-state index is 12.5. The third kappa shape index (κ3) is 7.98. The molecule has 0 saturated carbocycles. The van der Waals surface area contributed by atoms with Crippen molar-refractivity contribution in [2.75, 3.05) is 33.2 Å². The minimum atomic E-state index is 0.190. The molecule has 164 valence electrons.